The van der Waals surface area contributed by atoms with Crippen LogP contribution in [0.25, 0.3) is 11.0 Å². The number of nitrogens with zero attached hydrogens (tertiary/aromatic N) is 4. The second kappa shape index (κ2) is 7.27. The molecule has 0 spiro atoms. The predicted molar refractivity (Wildman–Crippen MR) is 99.5 cm³/mol. The van der Waals surface area contributed by atoms with Gasteiger partial charge in [-0.15, -0.1) is 0 Å². The second-order valence-corrected chi connectivity index (χ2v) is 7.03. The highest BCUT2D eigenvalue weighted by atomic mass is 16.3. The standard InChI is InChI=1S/C21H22N4O/c22-12-20-23-13-17-11-19(10-15-6-8-16(14-26)9-7-15)25(21(17)24-20)18-4-2-1-3-5-18/h6-9,11,13,18,26H,1-5,10,14H2. The summed E-state index contributed by atoms with van der Waals surface area (Å²) in [6.45, 7) is 0.0646. The molecule has 2 heterocycles. The van der Waals surface area contributed by atoms with Gasteiger partial charge < -0.3 is 9.67 Å². The largest absolute Gasteiger partial charge is 0.392 e. The molecule has 3 aromatic rings. The summed E-state index contributed by atoms with van der Waals surface area (Å²) in [5, 5.41) is 19.4. The van der Waals surface area contributed by atoms with Crippen molar-refractivity contribution in [3.05, 3.63) is 59.2 Å². The second-order valence-electron chi connectivity index (χ2n) is 7.03. The van der Waals surface area contributed by atoms with Crippen LogP contribution in [0.1, 0.15) is 60.8 Å². The van der Waals surface area contributed by atoms with E-state index in [0.29, 0.717) is 6.04 Å². The van der Waals surface area contributed by atoms with Gasteiger partial charge in [0.25, 0.3) is 0 Å². The van der Waals surface area contributed by atoms with Gasteiger partial charge in [0.05, 0.1) is 6.61 Å². The SMILES string of the molecule is N#Cc1ncc2cc(Cc3ccc(CO)cc3)n(C3CCCCC3)c2n1. The van der Waals surface area contributed by atoms with Crippen LogP contribution >= 0.6 is 0 Å². The molecule has 26 heavy (non-hydrogen) atoms. The molecule has 1 aliphatic rings. The lowest BCUT2D eigenvalue weighted by Crippen LogP contribution is -2.16. The van der Waals surface area contributed by atoms with Crippen LogP contribution in [-0.4, -0.2) is 19.6 Å². The molecule has 132 valence electrons. The van der Waals surface area contributed by atoms with Gasteiger partial charge >= 0.3 is 0 Å². The molecule has 5 heteroatoms. The molecular weight excluding hydrogens is 324 g/mol. The Morgan fingerprint density at radius 1 is 1.12 bits per heavy atom. The summed E-state index contributed by atoms with van der Waals surface area (Å²) in [5.74, 6) is 0.228. The summed E-state index contributed by atoms with van der Waals surface area (Å²) in [5.41, 5.74) is 4.22. The Balaban J connectivity index is 1.77. The molecular formula is C21H22N4O. The van der Waals surface area contributed by atoms with E-state index in [-0.39, 0.29) is 12.4 Å². The molecule has 5 nitrogen and oxygen atoms in total. The van der Waals surface area contributed by atoms with E-state index >= 15 is 0 Å². The average molecular weight is 346 g/mol. The summed E-state index contributed by atoms with van der Waals surface area (Å²) in [7, 11) is 0. The smallest absolute Gasteiger partial charge is 0.234 e. The first kappa shape index (κ1) is 16.7. The van der Waals surface area contributed by atoms with E-state index in [1.807, 2.05) is 12.1 Å². The van der Waals surface area contributed by atoms with Crippen molar-refractivity contribution < 1.29 is 5.11 Å². The normalized spacial score (nSPS) is 15.2. The average Bonchev–Trinajstić information content (AvgIpc) is 3.06. The molecule has 0 saturated heterocycles. The van der Waals surface area contributed by atoms with Crippen molar-refractivity contribution >= 4 is 11.0 Å². The minimum Gasteiger partial charge on any atom is -0.392 e. The molecule has 1 fully saturated rings. The van der Waals surface area contributed by atoms with Gasteiger partial charge in [-0.05, 0) is 30.0 Å². The molecule has 0 bridgehead atoms. The highest BCUT2D eigenvalue weighted by Crippen LogP contribution is 2.33. The van der Waals surface area contributed by atoms with Gasteiger partial charge in [-0.25, -0.2) is 9.97 Å². The summed E-state index contributed by atoms with van der Waals surface area (Å²) >= 11 is 0. The lowest BCUT2D eigenvalue weighted by atomic mass is 9.95. The molecule has 4 rings (SSSR count). The third-order valence-electron chi connectivity index (χ3n) is 5.29. The number of nitriles is 1. The van der Waals surface area contributed by atoms with Gasteiger partial charge in [-0.3, -0.25) is 0 Å². The topological polar surface area (TPSA) is 74.7 Å². The summed E-state index contributed by atoms with van der Waals surface area (Å²) < 4.78 is 2.34. The number of fused-ring (bicyclic) bond motifs is 1. The maximum Gasteiger partial charge on any atom is 0.234 e. The first-order valence-electron chi connectivity index (χ1n) is 9.24. The van der Waals surface area contributed by atoms with Gasteiger partial charge in [-0.1, -0.05) is 43.5 Å². The Morgan fingerprint density at radius 2 is 1.85 bits per heavy atom. The third kappa shape index (κ3) is 3.21. The molecule has 1 saturated carbocycles. The van der Waals surface area contributed by atoms with Crippen molar-refractivity contribution in [2.24, 2.45) is 0 Å². The fourth-order valence-electron chi connectivity index (χ4n) is 3.97. The van der Waals surface area contributed by atoms with Crippen molar-refractivity contribution in [1.82, 2.24) is 14.5 Å². The lowest BCUT2D eigenvalue weighted by molar-refractivity contribution is 0.282. The Bertz CT molecular complexity index is 947. The Morgan fingerprint density at radius 3 is 2.54 bits per heavy atom. The van der Waals surface area contributed by atoms with Crippen LogP contribution in [0, 0.1) is 11.3 Å². The maximum absolute atomic E-state index is 9.23. The quantitative estimate of drug-likeness (QED) is 0.777. The highest BCUT2D eigenvalue weighted by Gasteiger charge is 2.21. The van der Waals surface area contributed by atoms with Crippen LogP contribution in [0.15, 0.2) is 36.5 Å². The minimum absolute atomic E-state index is 0.0646. The lowest BCUT2D eigenvalue weighted by Gasteiger charge is -2.26. The number of aromatic nitrogens is 3. The van der Waals surface area contributed by atoms with Crippen LogP contribution in [0.3, 0.4) is 0 Å². The number of rotatable bonds is 4. The minimum atomic E-state index is 0.0646. The van der Waals surface area contributed by atoms with Crippen LogP contribution < -0.4 is 0 Å². The van der Waals surface area contributed by atoms with Crippen molar-refractivity contribution in [2.75, 3.05) is 0 Å². The molecule has 0 aliphatic heterocycles. The van der Waals surface area contributed by atoms with Crippen molar-refractivity contribution in [3.63, 3.8) is 0 Å². The number of aliphatic hydroxyl groups is 1. The van der Waals surface area contributed by atoms with Gasteiger partial charge in [0.15, 0.2) is 0 Å². The first-order chi connectivity index (χ1) is 12.8. The zero-order chi connectivity index (χ0) is 17.9. The monoisotopic (exact) mass is 346 g/mol. The zero-order valence-corrected chi connectivity index (χ0v) is 14.7. The Kier molecular flexibility index (Phi) is 4.68. The van der Waals surface area contributed by atoms with E-state index in [1.165, 1.54) is 30.5 Å². The molecule has 0 unspecified atom stereocenters. The van der Waals surface area contributed by atoms with Crippen molar-refractivity contribution in [1.29, 1.82) is 5.26 Å². The van der Waals surface area contributed by atoms with E-state index in [4.69, 9.17) is 0 Å². The van der Waals surface area contributed by atoms with Crippen molar-refractivity contribution in [3.8, 4) is 6.07 Å². The molecule has 0 radical (unpaired) electrons. The molecule has 0 atom stereocenters. The van der Waals surface area contributed by atoms with E-state index < -0.39 is 0 Å². The number of hydrogen-bond acceptors (Lipinski definition) is 4. The Labute approximate surface area is 152 Å². The van der Waals surface area contributed by atoms with Crippen molar-refractivity contribution in [2.45, 2.75) is 51.2 Å². The molecule has 1 N–H and O–H groups in total. The van der Waals surface area contributed by atoms with E-state index in [0.717, 1.165) is 35.9 Å². The molecule has 1 aliphatic carbocycles. The van der Waals surface area contributed by atoms with E-state index in [2.05, 4.69) is 38.8 Å². The van der Waals surface area contributed by atoms with Crippen LogP contribution in [0.2, 0.25) is 0 Å². The van der Waals surface area contributed by atoms with Crippen LogP contribution in [0.4, 0.5) is 0 Å². The van der Waals surface area contributed by atoms with Gasteiger partial charge in [0, 0.05) is 29.7 Å². The number of hydrogen-bond donors (Lipinski definition) is 1. The fourth-order valence-corrected chi connectivity index (χ4v) is 3.97. The summed E-state index contributed by atoms with van der Waals surface area (Å²) in [4.78, 5) is 8.66. The highest BCUT2D eigenvalue weighted by molar-refractivity contribution is 5.77. The molecule has 0 amide bonds. The number of benzene rings is 1. The van der Waals surface area contributed by atoms with Gasteiger partial charge in [-0.2, -0.15) is 5.26 Å². The Hall–Kier alpha value is -2.71. The maximum atomic E-state index is 9.23. The first-order valence-corrected chi connectivity index (χ1v) is 9.24. The van der Waals surface area contributed by atoms with Crippen LogP contribution in [0.5, 0.6) is 0 Å². The zero-order valence-electron chi connectivity index (χ0n) is 14.7. The molecule has 1 aromatic carbocycles. The summed E-state index contributed by atoms with van der Waals surface area (Å²) in [6.07, 6.45) is 8.67. The third-order valence-corrected chi connectivity index (χ3v) is 5.29. The van der Waals surface area contributed by atoms with Crippen LogP contribution in [-0.2, 0) is 13.0 Å². The summed E-state index contributed by atoms with van der Waals surface area (Å²) in [6, 6.07) is 12.7. The van der Waals surface area contributed by atoms with E-state index in [9.17, 15) is 10.4 Å². The van der Waals surface area contributed by atoms with Gasteiger partial charge in [0.1, 0.15) is 11.7 Å². The number of aliphatic hydroxyl groups excluding tert-OH is 1. The fraction of sp³-hybridized carbons (Fsp3) is 0.381. The van der Waals surface area contributed by atoms with E-state index in [1.54, 1.807) is 6.20 Å². The van der Waals surface area contributed by atoms with Gasteiger partial charge in [0.2, 0.25) is 5.82 Å². The predicted octanol–water partition coefficient (Wildman–Crippen LogP) is 3.89. The molecule has 2 aromatic heterocycles.